The molecule has 1 aliphatic heterocycles. The van der Waals surface area contributed by atoms with Crippen molar-refractivity contribution in [1.29, 1.82) is 0 Å². The minimum absolute atomic E-state index is 0.220. The highest BCUT2D eigenvalue weighted by atomic mass is 16.6. The monoisotopic (exact) mass is 266 g/mol. The lowest BCUT2D eigenvalue weighted by Gasteiger charge is -2.38. The molecule has 1 aromatic rings. The number of nitro benzene ring substituents is 1. The molecule has 0 saturated carbocycles. The van der Waals surface area contributed by atoms with E-state index in [0.717, 1.165) is 0 Å². The maximum Gasteiger partial charge on any atom is 0.407 e. The van der Waals surface area contributed by atoms with Crippen LogP contribution in [0.2, 0.25) is 0 Å². The number of nitrogens with one attached hydrogen (secondary N) is 1. The number of phenolic OH excluding ortho intramolecular Hbond substituents is 1. The van der Waals surface area contributed by atoms with E-state index in [1.54, 1.807) is 6.07 Å². The molecular weight excluding hydrogens is 252 g/mol. The second kappa shape index (κ2) is 4.42. The molecule has 0 bridgehead atoms. The quantitative estimate of drug-likeness (QED) is 0.630. The lowest BCUT2D eigenvalue weighted by molar-refractivity contribution is -0.386. The molecule has 7 nitrogen and oxygen atoms in total. The molecule has 7 heteroatoms. The number of aromatic hydroxyl groups is 1. The van der Waals surface area contributed by atoms with Crippen molar-refractivity contribution in [2.24, 2.45) is 5.41 Å². The Balaban J connectivity index is 2.42. The normalized spacial score (nSPS) is 21.4. The number of cyclic esters (lactones) is 1. The van der Waals surface area contributed by atoms with Crippen molar-refractivity contribution in [3.8, 4) is 5.75 Å². The molecular formula is C12H14N2O5. The Morgan fingerprint density at radius 1 is 1.53 bits per heavy atom. The number of rotatable bonds is 2. The largest absolute Gasteiger partial charge is 0.502 e. The third-order valence-corrected chi connectivity index (χ3v) is 3.15. The summed E-state index contributed by atoms with van der Waals surface area (Å²) in [5, 5.41) is 22.9. The van der Waals surface area contributed by atoms with Gasteiger partial charge in [0, 0.05) is 11.5 Å². The summed E-state index contributed by atoms with van der Waals surface area (Å²) in [6.07, 6.45) is -0.556. The van der Waals surface area contributed by atoms with Crippen molar-refractivity contribution in [2.45, 2.75) is 19.9 Å². The molecule has 0 aliphatic carbocycles. The average molecular weight is 266 g/mol. The van der Waals surface area contributed by atoms with Crippen LogP contribution in [0.1, 0.15) is 25.5 Å². The van der Waals surface area contributed by atoms with Gasteiger partial charge in [0.05, 0.1) is 11.0 Å². The molecule has 2 rings (SSSR count). The van der Waals surface area contributed by atoms with Gasteiger partial charge in [0.2, 0.25) is 0 Å². The number of nitro groups is 1. The summed E-state index contributed by atoms with van der Waals surface area (Å²) in [5.74, 6) is -0.398. The van der Waals surface area contributed by atoms with Gasteiger partial charge in [-0.3, -0.25) is 10.1 Å². The van der Waals surface area contributed by atoms with E-state index in [4.69, 9.17) is 4.74 Å². The second-order valence-corrected chi connectivity index (χ2v) is 5.15. The molecule has 1 aromatic carbocycles. The zero-order valence-corrected chi connectivity index (χ0v) is 10.5. The van der Waals surface area contributed by atoms with E-state index in [-0.39, 0.29) is 12.3 Å². The highest BCUT2D eigenvalue weighted by molar-refractivity contribution is 5.69. The molecule has 0 unspecified atom stereocenters. The van der Waals surface area contributed by atoms with Crippen LogP contribution in [0.25, 0.3) is 0 Å². The minimum Gasteiger partial charge on any atom is -0.502 e. The number of hydrogen-bond donors (Lipinski definition) is 2. The van der Waals surface area contributed by atoms with Gasteiger partial charge in [-0.15, -0.1) is 0 Å². The van der Waals surface area contributed by atoms with Crippen LogP contribution in [0.15, 0.2) is 18.2 Å². The number of phenols is 1. The number of ether oxygens (including phenoxy) is 1. The van der Waals surface area contributed by atoms with Crippen molar-refractivity contribution in [3.05, 3.63) is 33.9 Å². The Bertz CT molecular complexity index is 541. The van der Waals surface area contributed by atoms with E-state index in [2.05, 4.69) is 5.32 Å². The molecule has 2 N–H and O–H groups in total. The Morgan fingerprint density at radius 2 is 2.21 bits per heavy atom. The fourth-order valence-electron chi connectivity index (χ4n) is 2.09. The van der Waals surface area contributed by atoms with Gasteiger partial charge in [0.15, 0.2) is 5.75 Å². The van der Waals surface area contributed by atoms with E-state index in [1.807, 2.05) is 13.8 Å². The Kier molecular flexibility index (Phi) is 3.05. The van der Waals surface area contributed by atoms with Crippen LogP contribution in [0.3, 0.4) is 0 Å². The van der Waals surface area contributed by atoms with Crippen LogP contribution in [-0.4, -0.2) is 22.7 Å². The maximum absolute atomic E-state index is 11.3. The molecule has 1 heterocycles. The summed E-state index contributed by atoms with van der Waals surface area (Å²) in [6, 6.07) is 3.67. The summed E-state index contributed by atoms with van der Waals surface area (Å²) in [5.41, 5.74) is -0.223. The van der Waals surface area contributed by atoms with Crippen LogP contribution in [0.5, 0.6) is 5.75 Å². The highest BCUT2D eigenvalue weighted by Crippen LogP contribution is 2.39. The van der Waals surface area contributed by atoms with E-state index in [0.29, 0.717) is 5.56 Å². The number of alkyl carbamates (subject to hydrolysis) is 1. The summed E-state index contributed by atoms with van der Waals surface area (Å²) in [6.45, 7) is 3.99. The van der Waals surface area contributed by atoms with Gasteiger partial charge < -0.3 is 15.2 Å². The molecule has 1 saturated heterocycles. The Morgan fingerprint density at radius 3 is 2.84 bits per heavy atom. The second-order valence-electron chi connectivity index (χ2n) is 5.15. The van der Waals surface area contributed by atoms with Gasteiger partial charge >= 0.3 is 11.8 Å². The van der Waals surface area contributed by atoms with Gasteiger partial charge in [-0.1, -0.05) is 19.9 Å². The SMILES string of the molecule is CC1(C)COC(=O)N[C@@H]1c1ccc(O)c([N+](=O)[O-])c1. The standard InChI is InChI=1S/C12H14N2O5/c1-12(2)6-19-11(16)13-10(12)7-3-4-9(15)8(5-7)14(17)18/h3-5,10,15H,6H2,1-2H3,(H,13,16)/t10-/m1/s1. The first kappa shape index (κ1) is 13.1. The molecule has 102 valence electrons. The first-order valence-electron chi connectivity index (χ1n) is 5.72. The first-order valence-corrected chi connectivity index (χ1v) is 5.72. The van der Waals surface area contributed by atoms with Crippen molar-refractivity contribution < 1.29 is 19.6 Å². The van der Waals surface area contributed by atoms with E-state index in [1.165, 1.54) is 12.1 Å². The van der Waals surface area contributed by atoms with Crippen LogP contribution < -0.4 is 5.32 Å². The van der Waals surface area contributed by atoms with Crippen LogP contribution >= 0.6 is 0 Å². The number of amides is 1. The molecule has 0 radical (unpaired) electrons. The molecule has 0 aromatic heterocycles. The molecule has 19 heavy (non-hydrogen) atoms. The number of carbonyl (C=O) groups excluding carboxylic acids is 1. The van der Waals surface area contributed by atoms with Crippen LogP contribution in [-0.2, 0) is 4.74 Å². The number of hydrogen-bond acceptors (Lipinski definition) is 5. The lowest BCUT2D eigenvalue weighted by atomic mass is 9.80. The topological polar surface area (TPSA) is 102 Å². The van der Waals surface area contributed by atoms with Crippen molar-refractivity contribution in [1.82, 2.24) is 5.32 Å². The van der Waals surface area contributed by atoms with Crippen molar-refractivity contribution >= 4 is 11.8 Å². The molecule has 1 atom stereocenters. The zero-order valence-electron chi connectivity index (χ0n) is 10.5. The third kappa shape index (κ3) is 2.44. The summed E-state index contributed by atoms with van der Waals surface area (Å²) in [7, 11) is 0. The minimum atomic E-state index is -0.660. The smallest absolute Gasteiger partial charge is 0.407 e. The fourth-order valence-corrected chi connectivity index (χ4v) is 2.09. The Hall–Kier alpha value is -2.31. The van der Waals surface area contributed by atoms with Crippen molar-refractivity contribution in [2.75, 3.05) is 6.61 Å². The van der Waals surface area contributed by atoms with Gasteiger partial charge in [-0.05, 0) is 11.6 Å². The molecule has 1 fully saturated rings. The third-order valence-electron chi connectivity index (χ3n) is 3.15. The highest BCUT2D eigenvalue weighted by Gasteiger charge is 2.38. The van der Waals surface area contributed by atoms with Gasteiger partial charge in [0.1, 0.15) is 6.61 Å². The van der Waals surface area contributed by atoms with Crippen LogP contribution in [0, 0.1) is 15.5 Å². The summed E-state index contributed by atoms with van der Waals surface area (Å²) < 4.78 is 4.91. The van der Waals surface area contributed by atoms with Gasteiger partial charge in [-0.25, -0.2) is 4.79 Å². The van der Waals surface area contributed by atoms with E-state index >= 15 is 0 Å². The number of benzene rings is 1. The lowest BCUT2D eigenvalue weighted by Crippen LogP contribution is -2.46. The number of nitrogens with zero attached hydrogens (tertiary/aromatic N) is 1. The fraction of sp³-hybridized carbons (Fsp3) is 0.417. The van der Waals surface area contributed by atoms with Gasteiger partial charge in [-0.2, -0.15) is 0 Å². The van der Waals surface area contributed by atoms with Crippen molar-refractivity contribution in [3.63, 3.8) is 0 Å². The number of carbonyl (C=O) groups is 1. The van der Waals surface area contributed by atoms with Gasteiger partial charge in [0.25, 0.3) is 0 Å². The van der Waals surface area contributed by atoms with E-state index in [9.17, 15) is 20.0 Å². The summed E-state index contributed by atoms with van der Waals surface area (Å²) in [4.78, 5) is 21.5. The van der Waals surface area contributed by atoms with Crippen LogP contribution in [0.4, 0.5) is 10.5 Å². The predicted molar refractivity (Wildman–Crippen MR) is 65.8 cm³/mol. The Labute approximate surface area is 109 Å². The van der Waals surface area contributed by atoms with E-state index < -0.39 is 28.2 Å². The zero-order chi connectivity index (χ0) is 14.2. The maximum atomic E-state index is 11.3. The molecule has 0 spiro atoms. The summed E-state index contributed by atoms with van der Waals surface area (Å²) >= 11 is 0. The molecule has 1 amide bonds. The molecule has 1 aliphatic rings. The average Bonchev–Trinajstić information content (AvgIpc) is 2.33. The first-order chi connectivity index (χ1) is 8.81. The predicted octanol–water partition coefficient (Wildman–Crippen LogP) is 2.11.